The molecule has 20 heavy (non-hydrogen) atoms. The van der Waals surface area contributed by atoms with Gasteiger partial charge in [0.25, 0.3) is 0 Å². The predicted molar refractivity (Wildman–Crippen MR) is 75.2 cm³/mol. The summed E-state index contributed by atoms with van der Waals surface area (Å²) in [4.78, 5) is 33.3. The average molecular weight is 412 g/mol. The molecule has 0 amide bonds. The molecule has 0 aromatic carbocycles. The summed E-state index contributed by atoms with van der Waals surface area (Å²) in [5, 5.41) is 7.72. The molecule has 2 saturated heterocycles. The Kier molecular flexibility index (Phi) is 7.07. The molecule has 0 aromatic rings. The molecule has 6 nitrogen and oxygen atoms in total. The molecule has 8 heteroatoms. The van der Waals surface area contributed by atoms with E-state index in [1.165, 1.54) is 0 Å². The maximum absolute atomic E-state index is 11.5. The molecule has 0 bridgehead atoms. The Morgan fingerprint density at radius 2 is 1.10 bits per heavy atom. The van der Waals surface area contributed by atoms with E-state index in [0.717, 1.165) is 59.6 Å². The fraction of sp³-hybridized carbons (Fsp3) is 0.667. The Morgan fingerprint density at radius 3 is 1.45 bits per heavy atom. The molecule has 0 radical (unpaired) electrons. The van der Waals surface area contributed by atoms with Crippen molar-refractivity contribution >= 4 is 41.9 Å². The van der Waals surface area contributed by atoms with Gasteiger partial charge in [-0.15, -0.1) is 0 Å². The van der Waals surface area contributed by atoms with E-state index in [0.29, 0.717) is 29.9 Å². The summed E-state index contributed by atoms with van der Waals surface area (Å²) in [6.07, 6.45) is 2.27. The molecule has 0 spiro atoms. The number of hydrogen-bond donors (Lipinski definition) is 0. The van der Waals surface area contributed by atoms with E-state index < -0.39 is 11.9 Å². The van der Waals surface area contributed by atoms with E-state index >= 15 is 0 Å². The van der Waals surface area contributed by atoms with Crippen LogP contribution in [-0.2, 0) is 19.3 Å². The Labute approximate surface area is 131 Å². The molecule has 0 unspecified atom stereocenters. The molecule has 2 heterocycles. The zero-order valence-corrected chi connectivity index (χ0v) is 14.6. The van der Waals surface area contributed by atoms with Gasteiger partial charge in [0, 0.05) is 0 Å². The summed E-state index contributed by atoms with van der Waals surface area (Å²) in [5.41, 5.74) is 0. The van der Waals surface area contributed by atoms with Gasteiger partial charge in [-0.2, -0.15) is 0 Å². The molecule has 0 N–H and O–H groups in total. The second-order valence-electron chi connectivity index (χ2n) is 4.24. The van der Waals surface area contributed by atoms with E-state index in [9.17, 15) is 9.59 Å². The zero-order chi connectivity index (χ0) is 14.2. The molecule has 0 atom stereocenters. The van der Waals surface area contributed by atoms with Gasteiger partial charge in [-0.25, -0.2) is 0 Å². The fourth-order valence-electron chi connectivity index (χ4n) is 1.73. The van der Waals surface area contributed by atoms with E-state index in [4.69, 9.17) is 9.68 Å². The van der Waals surface area contributed by atoms with Crippen molar-refractivity contribution in [3.63, 3.8) is 0 Å². The van der Waals surface area contributed by atoms with Gasteiger partial charge in [-0.05, 0) is 0 Å². The molecule has 2 fully saturated rings. The standard InChI is InChI=1S/C12H18N2O4Se2/c15-11(17-13-3-7-19-8-4-13)1-2-12(16)18-14-5-9-20-10-6-14/h1-2H,3-10H2/b2-1-. The first-order valence-corrected chi connectivity index (χ1v) is 11.4. The van der Waals surface area contributed by atoms with Crippen LogP contribution in [-0.4, -0.2) is 78.2 Å². The molecular formula is C12H18N2O4Se2. The van der Waals surface area contributed by atoms with Crippen LogP contribution in [0.4, 0.5) is 0 Å². The van der Waals surface area contributed by atoms with Crippen LogP contribution < -0.4 is 0 Å². The van der Waals surface area contributed by atoms with Gasteiger partial charge in [-0.1, -0.05) is 0 Å². The summed E-state index contributed by atoms with van der Waals surface area (Å²) in [5.74, 6) is -1.03. The summed E-state index contributed by atoms with van der Waals surface area (Å²) in [7, 11) is 0. The van der Waals surface area contributed by atoms with Gasteiger partial charge in [0.15, 0.2) is 0 Å². The minimum absolute atomic E-state index is 0.515. The number of carbonyl (C=O) groups is 2. The van der Waals surface area contributed by atoms with Gasteiger partial charge in [0.1, 0.15) is 0 Å². The van der Waals surface area contributed by atoms with Gasteiger partial charge in [-0.3, -0.25) is 0 Å². The maximum atomic E-state index is 11.5. The first-order valence-electron chi connectivity index (χ1n) is 6.51. The Bertz CT molecular complexity index is 332. The molecule has 2 aliphatic rings. The molecule has 112 valence electrons. The Balaban J connectivity index is 1.67. The Hall–Kier alpha value is -0.361. The third-order valence-electron chi connectivity index (χ3n) is 2.73. The third-order valence-corrected chi connectivity index (χ3v) is 6.69. The van der Waals surface area contributed by atoms with Gasteiger partial charge >= 0.3 is 131 Å². The monoisotopic (exact) mass is 414 g/mol. The van der Waals surface area contributed by atoms with E-state index in [1.807, 2.05) is 0 Å². The van der Waals surface area contributed by atoms with Crippen molar-refractivity contribution in [2.75, 3.05) is 26.2 Å². The van der Waals surface area contributed by atoms with Crippen molar-refractivity contribution in [2.24, 2.45) is 0 Å². The molecule has 0 aliphatic carbocycles. The first-order chi connectivity index (χ1) is 9.74. The number of carbonyl (C=O) groups excluding carboxylic acids is 2. The SMILES string of the molecule is O=C(/C=C\C(=O)ON1CC[Se]CC1)ON1CC[Se]CC1. The third kappa shape index (κ3) is 5.95. The molecule has 2 aliphatic heterocycles. The van der Waals surface area contributed by atoms with Crippen LogP contribution in [0.2, 0.25) is 21.3 Å². The molecule has 0 saturated carbocycles. The van der Waals surface area contributed by atoms with Gasteiger partial charge < -0.3 is 0 Å². The summed E-state index contributed by atoms with van der Waals surface area (Å²) in [6, 6.07) is 0. The van der Waals surface area contributed by atoms with Gasteiger partial charge in [0.05, 0.1) is 0 Å². The van der Waals surface area contributed by atoms with Gasteiger partial charge in [0.2, 0.25) is 0 Å². The zero-order valence-electron chi connectivity index (χ0n) is 11.2. The quantitative estimate of drug-likeness (QED) is 0.485. The normalized spacial score (nSPS) is 21.8. The van der Waals surface area contributed by atoms with E-state index in [2.05, 4.69) is 0 Å². The van der Waals surface area contributed by atoms with Crippen LogP contribution in [0.15, 0.2) is 12.2 Å². The van der Waals surface area contributed by atoms with Crippen molar-refractivity contribution < 1.29 is 19.3 Å². The average Bonchev–Trinajstić information content (AvgIpc) is 2.47. The minimum atomic E-state index is -0.515. The second-order valence-corrected chi connectivity index (χ2v) is 9.38. The second kappa shape index (κ2) is 8.82. The van der Waals surface area contributed by atoms with Crippen LogP contribution in [0.3, 0.4) is 0 Å². The van der Waals surface area contributed by atoms with Crippen molar-refractivity contribution in [3.8, 4) is 0 Å². The summed E-state index contributed by atoms with van der Waals surface area (Å²) in [6.45, 7) is 3.16. The van der Waals surface area contributed by atoms with Crippen LogP contribution >= 0.6 is 0 Å². The van der Waals surface area contributed by atoms with Crippen LogP contribution in [0, 0.1) is 0 Å². The van der Waals surface area contributed by atoms with Crippen molar-refractivity contribution in [1.82, 2.24) is 10.1 Å². The van der Waals surface area contributed by atoms with Crippen molar-refractivity contribution in [2.45, 2.75) is 21.3 Å². The Morgan fingerprint density at radius 1 is 0.750 bits per heavy atom. The van der Waals surface area contributed by atoms with Crippen molar-refractivity contribution in [3.05, 3.63) is 12.2 Å². The fourth-order valence-corrected chi connectivity index (χ4v) is 5.38. The van der Waals surface area contributed by atoms with Crippen LogP contribution in [0.5, 0.6) is 0 Å². The number of hydrogen-bond acceptors (Lipinski definition) is 6. The summed E-state index contributed by atoms with van der Waals surface area (Å²) < 4.78 is 0. The molecule has 0 aromatic heterocycles. The molecular weight excluding hydrogens is 394 g/mol. The van der Waals surface area contributed by atoms with Crippen LogP contribution in [0.25, 0.3) is 0 Å². The topological polar surface area (TPSA) is 59.1 Å². The van der Waals surface area contributed by atoms with E-state index in [1.54, 1.807) is 10.1 Å². The summed E-state index contributed by atoms with van der Waals surface area (Å²) >= 11 is 1.36. The number of rotatable bonds is 4. The number of nitrogens with zero attached hydrogens (tertiary/aromatic N) is 2. The predicted octanol–water partition coefficient (Wildman–Crippen LogP) is 0.172. The first kappa shape index (κ1) is 16.0. The van der Waals surface area contributed by atoms with E-state index in [-0.39, 0.29) is 0 Å². The van der Waals surface area contributed by atoms with Crippen molar-refractivity contribution in [1.29, 1.82) is 0 Å². The molecule has 2 rings (SSSR count). The van der Waals surface area contributed by atoms with Crippen LogP contribution in [0.1, 0.15) is 0 Å². The number of hydroxylamine groups is 4.